The van der Waals surface area contributed by atoms with Gasteiger partial charge in [0.2, 0.25) is 0 Å². The van der Waals surface area contributed by atoms with Gasteiger partial charge in [-0.3, -0.25) is 4.90 Å². The van der Waals surface area contributed by atoms with Gasteiger partial charge in [0.1, 0.15) is 24.2 Å². The van der Waals surface area contributed by atoms with E-state index in [1.807, 2.05) is 24.3 Å². The summed E-state index contributed by atoms with van der Waals surface area (Å²) in [4.78, 5) is 4.47. The van der Waals surface area contributed by atoms with Crippen molar-refractivity contribution in [3.05, 3.63) is 65.5 Å². The van der Waals surface area contributed by atoms with Crippen LogP contribution in [0.2, 0.25) is 0 Å². The zero-order chi connectivity index (χ0) is 17.6. The third-order valence-electron chi connectivity index (χ3n) is 4.57. The van der Waals surface area contributed by atoms with Gasteiger partial charge in [-0.15, -0.1) is 0 Å². The molecule has 0 saturated carbocycles. The fourth-order valence-corrected chi connectivity index (χ4v) is 2.97. The van der Waals surface area contributed by atoms with Crippen LogP contribution in [0.4, 0.5) is 4.39 Å². The SMILES string of the molecule is CN1CCN(C(C#N)c2ccc(OCc3ccccc3F)cc2)CC1. The van der Waals surface area contributed by atoms with E-state index in [1.54, 1.807) is 18.2 Å². The van der Waals surface area contributed by atoms with Crippen molar-refractivity contribution in [2.45, 2.75) is 12.6 Å². The summed E-state index contributed by atoms with van der Waals surface area (Å²) in [5.74, 6) is 0.404. The number of rotatable bonds is 5. The zero-order valence-corrected chi connectivity index (χ0v) is 14.4. The van der Waals surface area contributed by atoms with Gasteiger partial charge in [-0.25, -0.2) is 4.39 Å². The van der Waals surface area contributed by atoms with Crippen LogP contribution in [-0.2, 0) is 6.61 Å². The fraction of sp³-hybridized carbons (Fsp3) is 0.350. The predicted molar refractivity (Wildman–Crippen MR) is 94.6 cm³/mol. The molecule has 3 rings (SSSR count). The van der Waals surface area contributed by atoms with Gasteiger partial charge in [-0.05, 0) is 30.8 Å². The molecule has 0 bridgehead atoms. The molecule has 1 saturated heterocycles. The molecule has 1 fully saturated rings. The summed E-state index contributed by atoms with van der Waals surface area (Å²) in [5.41, 5.74) is 1.49. The van der Waals surface area contributed by atoms with E-state index in [0.717, 1.165) is 31.7 Å². The van der Waals surface area contributed by atoms with E-state index < -0.39 is 0 Å². The van der Waals surface area contributed by atoms with Crippen LogP contribution in [0, 0.1) is 17.1 Å². The number of hydrogen-bond donors (Lipinski definition) is 0. The average molecular weight is 339 g/mol. The first kappa shape index (κ1) is 17.4. The van der Waals surface area contributed by atoms with E-state index in [0.29, 0.717) is 11.3 Å². The van der Waals surface area contributed by atoms with Gasteiger partial charge in [0.05, 0.1) is 6.07 Å². The maximum absolute atomic E-state index is 13.6. The first-order valence-corrected chi connectivity index (χ1v) is 8.46. The standard InChI is InChI=1S/C20H22FN3O/c1-23-10-12-24(13-11-23)20(14-22)16-6-8-18(9-7-16)25-15-17-4-2-3-5-19(17)21/h2-9,20H,10-13,15H2,1H3. The molecular formula is C20H22FN3O. The normalized spacial score (nSPS) is 17.0. The molecule has 4 nitrogen and oxygen atoms in total. The van der Waals surface area contributed by atoms with Gasteiger partial charge in [-0.1, -0.05) is 30.3 Å². The number of likely N-dealkylation sites (N-methyl/N-ethyl adjacent to an activating group) is 1. The maximum Gasteiger partial charge on any atom is 0.129 e. The van der Waals surface area contributed by atoms with Crippen LogP contribution in [0.1, 0.15) is 17.2 Å². The Hall–Kier alpha value is -2.42. The van der Waals surface area contributed by atoms with Gasteiger partial charge >= 0.3 is 0 Å². The summed E-state index contributed by atoms with van der Waals surface area (Å²) in [6.45, 7) is 3.91. The quantitative estimate of drug-likeness (QED) is 0.838. The predicted octanol–water partition coefficient (Wildman–Crippen LogP) is 3.22. The lowest BCUT2D eigenvalue weighted by molar-refractivity contribution is 0.133. The second-order valence-corrected chi connectivity index (χ2v) is 6.32. The molecule has 0 aliphatic carbocycles. The highest BCUT2D eigenvalue weighted by Crippen LogP contribution is 2.24. The zero-order valence-electron chi connectivity index (χ0n) is 14.4. The van der Waals surface area contributed by atoms with E-state index in [9.17, 15) is 9.65 Å². The maximum atomic E-state index is 13.6. The van der Waals surface area contributed by atoms with Crippen LogP contribution in [0.15, 0.2) is 48.5 Å². The Balaban J connectivity index is 1.63. The molecule has 2 aromatic rings. The topological polar surface area (TPSA) is 39.5 Å². The molecule has 1 aliphatic rings. The first-order valence-electron chi connectivity index (χ1n) is 8.46. The van der Waals surface area contributed by atoms with Crippen molar-refractivity contribution < 1.29 is 9.13 Å². The molecule has 1 heterocycles. The number of hydrogen-bond acceptors (Lipinski definition) is 4. The molecule has 1 atom stereocenters. The highest BCUT2D eigenvalue weighted by Gasteiger charge is 2.23. The molecular weight excluding hydrogens is 317 g/mol. The average Bonchev–Trinajstić information content (AvgIpc) is 2.64. The number of nitrogens with zero attached hydrogens (tertiary/aromatic N) is 3. The van der Waals surface area contributed by atoms with E-state index >= 15 is 0 Å². The lowest BCUT2D eigenvalue weighted by Crippen LogP contribution is -2.45. The van der Waals surface area contributed by atoms with E-state index in [4.69, 9.17) is 4.74 Å². The van der Waals surface area contributed by atoms with Gasteiger partial charge in [-0.2, -0.15) is 5.26 Å². The Morgan fingerprint density at radius 2 is 1.76 bits per heavy atom. The first-order chi connectivity index (χ1) is 12.2. The number of benzene rings is 2. The van der Waals surface area contributed by atoms with Crippen LogP contribution in [0.25, 0.3) is 0 Å². The Bertz CT molecular complexity index is 733. The van der Waals surface area contributed by atoms with Crippen LogP contribution < -0.4 is 4.74 Å². The highest BCUT2D eigenvalue weighted by molar-refractivity contribution is 5.32. The van der Waals surface area contributed by atoms with E-state index in [2.05, 4.69) is 22.9 Å². The van der Waals surface area contributed by atoms with Crippen molar-refractivity contribution in [2.24, 2.45) is 0 Å². The van der Waals surface area contributed by atoms with Crippen LogP contribution in [0.5, 0.6) is 5.75 Å². The number of ether oxygens (including phenoxy) is 1. The molecule has 1 unspecified atom stereocenters. The van der Waals surface area contributed by atoms with Gasteiger partial charge < -0.3 is 9.64 Å². The van der Waals surface area contributed by atoms with E-state index in [-0.39, 0.29) is 18.5 Å². The van der Waals surface area contributed by atoms with Gasteiger partial charge in [0.15, 0.2) is 0 Å². The van der Waals surface area contributed by atoms with E-state index in [1.165, 1.54) is 6.07 Å². The molecule has 0 aromatic heterocycles. The fourth-order valence-electron chi connectivity index (χ4n) is 2.97. The second kappa shape index (κ2) is 8.11. The van der Waals surface area contributed by atoms with Crippen molar-refractivity contribution in [2.75, 3.05) is 33.2 Å². The third-order valence-corrected chi connectivity index (χ3v) is 4.57. The summed E-state index contributed by atoms with van der Waals surface area (Å²) < 4.78 is 19.3. The van der Waals surface area contributed by atoms with Crippen molar-refractivity contribution >= 4 is 0 Å². The van der Waals surface area contributed by atoms with Crippen LogP contribution in [0.3, 0.4) is 0 Å². The Morgan fingerprint density at radius 1 is 1.08 bits per heavy atom. The van der Waals surface area contributed by atoms with Gasteiger partial charge in [0, 0.05) is 31.7 Å². The van der Waals surface area contributed by atoms with Crippen molar-refractivity contribution in [1.29, 1.82) is 5.26 Å². The second-order valence-electron chi connectivity index (χ2n) is 6.32. The van der Waals surface area contributed by atoms with Crippen LogP contribution >= 0.6 is 0 Å². The largest absolute Gasteiger partial charge is 0.489 e. The lowest BCUT2D eigenvalue weighted by Gasteiger charge is -2.35. The molecule has 2 aromatic carbocycles. The summed E-state index contributed by atoms with van der Waals surface area (Å²) in [6, 6.07) is 16.3. The number of piperazine rings is 1. The lowest BCUT2D eigenvalue weighted by atomic mass is 10.1. The molecule has 0 amide bonds. The summed E-state index contributed by atoms with van der Waals surface area (Å²) in [5, 5.41) is 9.57. The van der Waals surface area contributed by atoms with Crippen molar-refractivity contribution in [3.63, 3.8) is 0 Å². The minimum Gasteiger partial charge on any atom is -0.489 e. The third kappa shape index (κ3) is 4.36. The molecule has 0 N–H and O–H groups in total. The number of halogens is 1. The summed E-state index contributed by atoms with van der Waals surface area (Å²) in [6.07, 6.45) is 0. The minimum absolute atomic E-state index is 0.187. The summed E-state index contributed by atoms with van der Waals surface area (Å²) >= 11 is 0. The highest BCUT2D eigenvalue weighted by atomic mass is 19.1. The molecule has 1 aliphatic heterocycles. The Labute approximate surface area is 148 Å². The molecule has 130 valence electrons. The molecule has 5 heteroatoms. The van der Waals surface area contributed by atoms with Crippen molar-refractivity contribution in [3.8, 4) is 11.8 Å². The smallest absolute Gasteiger partial charge is 0.129 e. The number of nitriles is 1. The Kier molecular flexibility index (Phi) is 5.64. The monoisotopic (exact) mass is 339 g/mol. The van der Waals surface area contributed by atoms with Crippen molar-refractivity contribution in [1.82, 2.24) is 9.80 Å². The van der Waals surface area contributed by atoms with Crippen LogP contribution in [-0.4, -0.2) is 43.0 Å². The molecule has 25 heavy (non-hydrogen) atoms. The summed E-state index contributed by atoms with van der Waals surface area (Å²) in [7, 11) is 2.10. The van der Waals surface area contributed by atoms with Gasteiger partial charge in [0.25, 0.3) is 0 Å². The molecule has 0 radical (unpaired) electrons. The minimum atomic E-state index is -0.265. The molecule has 0 spiro atoms. The Morgan fingerprint density at radius 3 is 2.40 bits per heavy atom.